The first-order chi connectivity index (χ1) is 13.6. The van der Waals surface area contributed by atoms with E-state index in [-0.39, 0.29) is 12.2 Å². The molecule has 170 valence electrons. The Labute approximate surface area is 180 Å². The highest BCUT2D eigenvalue weighted by atomic mass is 16.3. The summed E-state index contributed by atoms with van der Waals surface area (Å²) >= 11 is 0. The molecule has 0 amide bonds. The van der Waals surface area contributed by atoms with Gasteiger partial charge in [-0.25, -0.2) is 0 Å². The second-order valence-corrected chi connectivity index (χ2v) is 10.3. The monoisotopic (exact) mass is 408 g/mol. The molecule has 4 atom stereocenters. The van der Waals surface area contributed by atoms with Gasteiger partial charge in [-0.1, -0.05) is 75.7 Å². The van der Waals surface area contributed by atoms with E-state index >= 15 is 0 Å². The topological polar surface area (TPSA) is 60.7 Å². The Hall–Kier alpha value is -0.640. The summed E-state index contributed by atoms with van der Waals surface area (Å²) < 4.78 is 0. The van der Waals surface area contributed by atoms with E-state index in [2.05, 4.69) is 32.9 Å². The third-order valence-electron chi connectivity index (χ3n) is 6.45. The van der Waals surface area contributed by atoms with E-state index in [1.807, 2.05) is 13.8 Å². The lowest BCUT2D eigenvalue weighted by Gasteiger charge is -2.25. The molecule has 0 radical (unpaired) electrons. The molecular formula is C26H48O3. The van der Waals surface area contributed by atoms with Crippen molar-refractivity contribution in [3.8, 4) is 0 Å². The number of aliphatic hydroxyl groups excluding tert-OH is 2. The molecule has 1 saturated carbocycles. The van der Waals surface area contributed by atoms with Crippen molar-refractivity contribution in [3.63, 3.8) is 0 Å². The fourth-order valence-corrected chi connectivity index (χ4v) is 4.64. The van der Waals surface area contributed by atoms with Crippen LogP contribution in [0.5, 0.6) is 0 Å². The molecule has 0 bridgehead atoms. The van der Waals surface area contributed by atoms with Gasteiger partial charge in [-0.3, -0.25) is 0 Å². The van der Waals surface area contributed by atoms with E-state index in [4.69, 9.17) is 0 Å². The minimum Gasteiger partial charge on any atom is -0.393 e. The molecule has 3 N–H and O–H groups in total. The van der Waals surface area contributed by atoms with Crippen molar-refractivity contribution < 1.29 is 15.3 Å². The third kappa shape index (κ3) is 12.6. The summed E-state index contributed by atoms with van der Waals surface area (Å²) in [5.74, 6) is 1.54. The quantitative estimate of drug-likeness (QED) is 0.313. The van der Waals surface area contributed by atoms with E-state index in [1.165, 1.54) is 49.7 Å². The summed E-state index contributed by atoms with van der Waals surface area (Å²) in [5.41, 5.74) is 2.02. The maximum Gasteiger partial charge on any atom is 0.0602 e. The first-order valence-electron chi connectivity index (χ1n) is 12.0. The molecule has 29 heavy (non-hydrogen) atoms. The fraction of sp³-hybridized carbons (Fsp3) is 0.846. The molecule has 3 heteroatoms. The van der Waals surface area contributed by atoms with Crippen LogP contribution < -0.4 is 0 Å². The van der Waals surface area contributed by atoms with Crippen LogP contribution in [0.3, 0.4) is 0 Å². The molecule has 1 aliphatic rings. The van der Waals surface area contributed by atoms with Crippen LogP contribution >= 0.6 is 0 Å². The van der Waals surface area contributed by atoms with Crippen LogP contribution in [0.2, 0.25) is 0 Å². The Morgan fingerprint density at radius 1 is 1.07 bits per heavy atom. The van der Waals surface area contributed by atoms with Gasteiger partial charge >= 0.3 is 0 Å². The zero-order valence-corrected chi connectivity index (χ0v) is 19.8. The summed E-state index contributed by atoms with van der Waals surface area (Å²) in [7, 11) is 0. The van der Waals surface area contributed by atoms with Crippen LogP contribution in [-0.4, -0.2) is 33.1 Å². The second kappa shape index (κ2) is 13.6. The molecule has 0 saturated heterocycles. The summed E-state index contributed by atoms with van der Waals surface area (Å²) in [6.07, 6.45) is 16.2. The van der Waals surface area contributed by atoms with E-state index in [0.717, 1.165) is 31.1 Å². The normalized spacial score (nSPS) is 23.2. The Kier molecular flexibility index (Phi) is 12.4. The van der Waals surface area contributed by atoms with Gasteiger partial charge in [0.1, 0.15) is 0 Å². The lowest BCUT2D eigenvalue weighted by molar-refractivity contribution is 0.0608. The molecule has 3 nitrogen and oxygen atoms in total. The van der Waals surface area contributed by atoms with Gasteiger partial charge in [0.05, 0.1) is 17.8 Å². The van der Waals surface area contributed by atoms with Crippen LogP contribution in [0.1, 0.15) is 112 Å². The molecule has 0 spiro atoms. The molecule has 1 fully saturated rings. The first kappa shape index (κ1) is 26.4. The van der Waals surface area contributed by atoms with Crippen LogP contribution in [0.15, 0.2) is 23.3 Å². The van der Waals surface area contributed by atoms with Gasteiger partial charge in [-0.15, -0.1) is 0 Å². The number of hydrogen-bond acceptors (Lipinski definition) is 3. The molecule has 1 unspecified atom stereocenters. The van der Waals surface area contributed by atoms with E-state index in [9.17, 15) is 15.3 Å². The van der Waals surface area contributed by atoms with E-state index in [1.54, 1.807) is 0 Å². The second-order valence-electron chi connectivity index (χ2n) is 10.3. The number of hydrogen-bond donors (Lipinski definition) is 3. The molecule has 0 aliphatic heterocycles. The highest BCUT2D eigenvalue weighted by Gasteiger charge is 2.21. The molecule has 0 heterocycles. The molecule has 1 rings (SSSR count). The van der Waals surface area contributed by atoms with Crippen LogP contribution in [-0.2, 0) is 0 Å². The maximum atomic E-state index is 9.92. The predicted molar refractivity (Wildman–Crippen MR) is 124 cm³/mol. The van der Waals surface area contributed by atoms with E-state index in [0.29, 0.717) is 19.3 Å². The van der Waals surface area contributed by atoms with Gasteiger partial charge in [-0.05, 0) is 71.1 Å². The van der Waals surface area contributed by atoms with Crippen molar-refractivity contribution in [1.29, 1.82) is 0 Å². The van der Waals surface area contributed by atoms with Crippen LogP contribution in [0.4, 0.5) is 0 Å². The smallest absolute Gasteiger partial charge is 0.0602 e. The lowest BCUT2D eigenvalue weighted by atomic mass is 9.82. The van der Waals surface area contributed by atoms with Gasteiger partial charge in [0.2, 0.25) is 0 Å². The van der Waals surface area contributed by atoms with E-state index < -0.39 is 5.60 Å². The lowest BCUT2D eigenvalue weighted by Crippen LogP contribution is -2.24. The van der Waals surface area contributed by atoms with Crippen molar-refractivity contribution >= 4 is 0 Å². The van der Waals surface area contributed by atoms with Crippen molar-refractivity contribution in [2.75, 3.05) is 0 Å². The summed E-state index contributed by atoms with van der Waals surface area (Å²) in [5, 5.41) is 29.5. The van der Waals surface area contributed by atoms with Gasteiger partial charge in [0.25, 0.3) is 0 Å². The van der Waals surface area contributed by atoms with Gasteiger partial charge < -0.3 is 15.3 Å². The number of unbranched alkanes of at least 4 members (excludes halogenated alkanes) is 1. The molecule has 0 aromatic heterocycles. The molecule has 0 aromatic carbocycles. The summed E-state index contributed by atoms with van der Waals surface area (Å²) in [4.78, 5) is 0. The van der Waals surface area contributed by atoms with Gasteiger partial charge in [0, 0.05) is 0 Å². The number of allylic oxidation sites excluding steroid dienone is 3. The first-order valence-corrected chi connectivity index (χ1v) is 12.0. The Balaban J connectivity index is 2.34. The minimum absolute atomic E-state index is 0.389. The Morgan fingerprint density at radius 2 is 1.72 bits per heavy atom. The van der Waals surface area contributed by atoms with Crippen molar-refractivity contribution in [3.05, 3.63) is 23.3 Å². The standard InChI is InChI=1S/C26H48O3/c1-6-10-23(21(3)12-9-16-26(4,5)29)13-8-7-11-20(2)14-15-22-17-24(27)19-25(28)18-22/h14-15,21,23-25,27-29H,6-13,16-19H2,1-5H3/b20-14-/t21-,23?,24-,25-/m1/s1. The maximum absolute atomic E-state index is 9.92. The number of aliphatic hydroxyl groups is 3. The third-order valence-corrected chi connectivity index (χ3v) is 6.45. The SMILES string of the molecule is CCCC(CCCC/C(C)=C\C=C1C[C@@H](O)C[C@H](O)C1)[C@H](C)CCCC(C)(C)O. The molecule has 0 aromatic rings. The van der Waals surface area contributed by atoms with Gasteiger partial charge in [0.15, 0.2) is 0 Å². The molecule has 1 aliphatic carbocycles. The fourth-order valence-electron chi connectivity index (χ4n) is 4.64. The Bertz CT molecular complexity index is 489. The predicted octanol–water partition coefficient (Wildman–Crippen LogP) is 6.32. The van der Waals surface area contributed by atoms with Crippen molar-refractivity contribution in [2.45, 2.75) is 129 Å². The average molecular weight is 409 g/mol. The summed E-state index contributed by atoms with van der Waals surface area (Å²) in [6, 6.07) is 0. The van der Waals surface area contributed by atoms with Crippen molar-refractivity contribution in [1.82, 2.24) is 0 Å². The van der Waals surface area contributed by atoms with Gasteiger partial charge in [-0.2, -0.15) is 0 Å². The van der Waals surface area contributed by atoms with Crippen LogP contribution in [0, 0.1) is 11.8 Å². The minimum atomic E-state index is -0.535. The highest BCUT2D eigenvalue weighted by Crippen LogP contribution is 2.29. The molecular weight excluding hydrogens is 360 g/mol. The summed E-state index contributed by atoms with van der Waals surface area (Å²) in [6.45, 7) is 10.7. The highest BCUT2D eigenvalue weighted by molar-refractivity contribution is 5.19. The van der Waals surface area contributed by atoms with Crippen LogP contribution in [0.25, 0.3) is 0 Å². The Morgan fingerprint density at radius 3 is 2.31 bits per heavy atom. The zero-order valence-electron chi connectivity index (χ0n) is 19.8. The average Bonchev–Trinajstić information content (AvgIpc) is 2.60. The number of rotatable bonds is 13. The largest absolute Gasteiger partial charge is 0.393 e. The van der Waals surface area contributed by atoms with Crippen molar-refractivity contribution in [2.24, 2.45) is 11.8 Å². The zero-order chi connectivity index (χ0) is 21.9.